The van der Waals surface area contributed by atoms with Gasteiger partial charge in [0.05, 0.1) is 33.0 Å². The summed E-state index contributed by atoms with van der Waals surface area (Å²) in [7, 11) is 3.30. The molecule has 35 heavy (non-hydrogen) atoms. The van der Waals surface area contributed by atoms with E-state index in [0.29, 0.717) is 32.3 Å². The molecule has 2 aliphatic carbocycles. The summed E-state index contributed by atoms with van der Waals surface area (Å²) in [4.78, 5) is 12.2. The first-order chi connectivity index (χ1) is 16.8. The van der Waals surface area contributed by atoms with E-state index in [1.54, 1.807) is 14.2 Å². The van der Waals surface area contributed by atoms with Crippen LogP contribution in [0.4, 0.5) is 5.69 Å². The molecule has 190 valence electrons. The number of aliphatic hydroxyl groups excluding tert-OH is 1. The van der Waals surface area contributed by atoms with Crippen LogP contribution >= 0.6 is 0 Å². The summed E-state index contributed by atoms with van der Waals surface area (Å²) in [5.74, 6) is 0.606. The average Bonchev–Trinajstić information content (AvgIpc) is 3.38. The SMILES string of the molecule is COc1cc(-c2ccc(NC3(C(=O)O)CCC(O)CC3)cc2COC2CCCC2)cc(OC)c1C. The summed E-state index contributed by atoms with van der Waals surface area (Å²) < 4.78 is 17.5. The Labute approximate surface area is 207 Å². The second-order valence-corrected chi connectivity index (χ2v) is 9.84. The van der Waals surface area contributed by atoms with Crippen molar-refractivity contribution in [1.82, 2.24) is 0 Å². The van der Waals surface area contributed by atoms with Crippen molar-refractivity contribution >= 4 is 11.7 Å². The molecule has 0 aliphatic heterocycles. The van der Waals surface area contributed by atoms with Crippen LogP contribution in [0.1, 0.15) is 62.5 Å². The van der Waals surface area contributed by atoms with Crippen LogP contribution in [0.3, 0.4) is 0 Å². The summed E-state index contributed by atoms with van der Waals surface area (Å²) in [6.07, 6.45) is 6.05. The van der Waals surface area contributed by atoms with Crippen molar-refractivity contribution in [2.24, 2.45) is 0 Å². The maximum atomic E-state index is 12.2. The predicted molar refractivity (Wildman–Crippen MR) is 135 cm³/mol. The quantitative estimate of drug-likeness (QED) is 0.445. The predicted octanol–water partition coefficient (Wildman–Crippen LogP) is 5.31. The molecular weight excluding hydrogens is 446 g/mol. The van der Waals surface area contributed by atoms with Crippen LogP contribution in [0.15, 0.2) is 30.3 Å². The fourth-order valence-electron chi connectivity index (χ4n) is 5.34. The molecule has 2 aliphatic rings. The Morgan fingerprint density at radius 3 is 2.23 bits per heavy atom. The molecular formula is C28H37NO6. The Bertz CT molecular complexity index is 1010. The van der Waals surface area contributed by atoms with Crippen molar-refractivity contribution in [2.75, 3.05) is 19.5 Å². The van der Waals surface area contributed by atoms with E-state index in [-0.39, 0.29) is 6.10 Å². The average molecular weight is 484 g/mol. The van der Waals surface area contributed by atoms with Gasteiger partial charge in [-0.2, -0.15) is 0 Å². The van der Waals surface area contributed by atoms with E-state index < -0.39 is 17.6 Å². The number of hydrogen-bond donors (Lipinski definition) is 3. The van der Waals surface area contributed by atoms with Gasteiger partial charge in [0.15, 0.2) is 0 Å². The van der Waals surface area contributed by atoms with Gasteiger partial charge in [0, 0.05) is 11.3 Å². The van der Waals surface area contributed by atoms with Gasteiger partial charge in [0.2, 0.25) is 0 Å². The zero-order chi connectivity index (χ0) is 25.0. The van der Waals surface area contributed by atoms with E-state index in [9.17, 15) is 15.0 Å². The molecule has 0 atom stereocenters. The maximum absolute atomic E-state index is 12.2. The molecule has 0 heterocycles. The van der Waals surface area contributed by atoms with Crippen molar-refractivity contribution in [3.8, 4) is 22.6 Å². The van der Waals surface area contributed by atoms with Gasteiger partial charge >= 0.3 is 5.97 Å². The topological polar surface area (TPSA) is 97.3 Å². The van der Waals surface area contributed by atoms with Gasteiger partial charge in [-0.15, -0.1) is 0 Å². The van der Waals surface area contributed by atoms with Gasteiger partial charge in [0.25, 0.3) is 0 Å². The number of aliphatic carboxylic acids is 1. The number of ether oxygens (including phenoxy) is 3. The third-order valence-corrected chi connectivity index (χ3v) is 7.55. The van der Waals surface area contributed by atoms with Gasteiger partial charge in [-0.1, -0.05) is 18.9 Å². The Kier molecular flexibility index (Phi) is 7.87. The van der Waals surface area contributed by atoms with Gasteiger partial charge < -0.3 is 29.7 Å². The molecule has 0 spiro atoms. The van der Waals surface area contributed by atoms with Gasteiger partial charge in [-0.25, -0.2) is 4.79 Å². The van der Waals surface area contributed by atoms with Crippen LogP contribution in [-0.4, -0.2) is 48.1 Å². The summed E-state index contributed by atoms with van der Waals surface area (Å²) in [5, 5.41) is 23.2. The fraction of sp³-hybridized carbons (Fsp3) is 0.536. The summed E-state index contributed by atoms with van der Waals surface area (Å²) in [6, 6.07) is 9.93. The van der Waals surface area contributed by atoms with Crippen molar-refractivity contribution in [3.63, 3.8) is 0 Å². The van der Waals surface area contributed by atoms with Gasteiger partial charge in [-0.05, 0) is 86.4 Å². The summed E-state index contributed by atoms with van der Waals surface area (Å²) >= 11 is 0. The van der Waals surface area contributed by atoms with E-state index in [0.717, 1.165) is 52.3 Å². The monoisotopic (exact) mass is 483 g/mol. The number of anilines is 1. The number of nitrogens with one attached hydrogen (secondary N) is 1. The highest BCUT2D eigenvalue weighted by atomic mass is 16.5. The fourth-order valence-corrected chi connectivity index (χ4v) is 5.34. The third-order valence-electron chi connectivity index (χ3n) is 7.55. The molecule has 0 bridgehead atoms. The molecule has 2 saturated carbocycles. The first-order valence-electron chi connectivity index (χ1n) is 12.5. The molecule has 0 aromatic heterocycles. The van der Waals surface area contributed by atoms with Gasteiger partial charge in [0.1, 0.15) is 17.0 Å². The number of carbonyl (C=O) groups is 1. The molecule has 0 unspecified atom stereocenters. The lowest BCUT2D eigenvalue weighted by molar-refractivity contribution is -0.144. The molecule has 0 saturated heterocycles. The number of benzene rings is 2. The lowest BCUT2D eigenvalue weighted by atomic mass is 9.80. The van der Waals surface area contributed by atoms with Crippen LogP contribution in [0.2, 0.25) is 0 Å². The highest BCUT2D eigenvalue weighted by molar-refractivity contribution is 5.83. The third kappa shape index (κ3) is 5.57. The molecule has 7 nitrogen and oxygen atoms in total. The van der Waals surface area contributed by atoms with Crippen molar-refractivity contribution in [1.29, 1.82) is 0 Å². The number of aliphatic hydroxyl groups is 1. The van der Waals surface area contributed by atoms with E-state index >= 15 is 0 Å². The number of carboxylic acid groups (broad SMARTS) is 1. The summed E-state index contributed by atoms with van der Waals surface area (Å²) in [6.45, 7) is 2.40. The van der Waals surface area contributed by atoms with Crippen LogP contribution in [-0.2, 0) is 16.1 Å². The van der Waals surface area contributed by atoms with Crippen LogP contribution in [0.25, 0.3) is 11.1 Å². The highest BCUT2D eigenvalue weighted by Gasteiger charge is 2.41. The minimum absolute atomic E-state index is 0.256. The Morgan fingerprint density at radius 2 is 1.66 bits per heavy atom. The molecule has 2 aromatic carbocycles. The van der Waals surface area contributed by atoms with Gasteiger partial charge in [-0.3, -0.25) is 0 Å². The standard InChI is InChI=1S/C28H37NO6/c1-18-25(33-2)15-19(16-26(18)34-3)24-9-8-21(14-20(24)17-35-23-6-4-5-7-23)29-28(27(31)32)12-10-22(30)11-13-28/h8-9,14-16,22-23,29-30H,4-7,10-13,17H2,1-3H3,(H,31,32). The van der Waals surface area contributed by atoms with Crippen molar-refractivity contribution < 1.29 is 29.2 Å². The van der Waals surface area contributed by atoms with E-state index in [4.69, 9.17) is 14.2 Å². The van der Waals surface area contributed by atoms with E-state index in [2.05, 4.69) is 5.32 Å². The number of carboxylic acids is 1. The normalized spacial score (nSPS) is 22.7. The minimum atomic E-state index is -1.08. The Morgan fingerprint density at radius 1 is 1.03 bits per heavy atom. The Balaban J connectivity index is 1.69. The molecule has 2 aromatic rings. The van der Waals surface area contributed by atoms with Crippen LogP contribution < -0.4 is 14.8 Å². The zero-order valence-corrected chi connectivity index (χ0v) is 20.9. The largest absolute Gasteiger partial charge is 0.496 e. The van der Waals surface area contributed by atoms with E-state index in [1.165, 1.54) is 12.8 Å². The Hall–Kier alpha value is -2.77. The second kappa shape index (κ2) is 10.9. The van der Waals surface area contributed by atoms with Crippen LogP contribution in [0, 0.1) is 6.92 Å². The molecule has 0 amide bonds. The van der Waals surface area contributed by atoms with Crippen molar-refractivity contribution in [2.45, 2.75) is 82.6 Å². The zero-order valence-electron chi connectivity index (χ0n) is 20.9. The smallest absolute Gasteiger partial charge is 0.329 e. The first kappa shape index (κ1) is 25.3. The molecule has 7 heteroatoms. The van der Waals surface area contributed by atoms with E-state index in [1.807, 2.05) is 37.3 Å². The molecule has 0 radical (unpaired) electrons. The number of rotatable bonds is 9. The lowest BCUT2D eigenvalue weighted by Crippen LogP contribution is -2.49. The molecule has 4 rings (SSSR count). The second-order valence-electron chi connectivity index (χ2n) is 9.84. The van der Waals surface area contributed by atoms with Crippen molar-refractivity contribution in [3.05, 3.63) is 41.5 Å². The van der Waals surface area contributed by atoms with Crippen LogP contribution in [0.5, 0.6) is 11.5 Å². The highest BCUT2D eigenvalue weighted by Crippen LogP contribution is 2.38. The maximum Gasteiger partial charge on any atom is 0.329 e. The first-order valence-corrected chi connectivity index (χ1v) is 12.5. The lowest BCUT2D eigenvalue weighted by Gasteiger charge is -2.37. The summed E-state index contributed by atoms with van der Waals surface area (Å²) in [5.41, 5.74) is 3.52. The number of hydrogen-bond acceptors (Lipinski definition) is 6. The molecule has 2 fully saturated rings. The minimum Gasteiger partial charge on any atom is -0.496 e. The number of methoxy groups -OCH3 is 2. The molecule has 3 N–H and O–H groups in total.